The van der Waals surface area contributed by atoms with Gasteiger partial charge in [-0.1, -0.05) is 33.1 Å². The first kappa shape index (κ1) is 21.0. The van der Waals surface area contributed by atoms with E-state index < -0.39 is 0 Å². The molecule has 4 heterocycles. The Morgan fingerprint density at radius 2 is 2.06 bits per heavy atom. The Kier molecular flexibility index (Phi) is 5.32. The highest BCUT2D eigenvalue weighted by molar-refractivity contribution is 7.16. The van der Waals surface area contributed by atoms with Gasteiger partial charge in [0.15, 0.2) is 5.82 Å². The molecular weight excluding hydrogens is 433 g/mol. The fourth-order valence-electron chi connectivity index (χ4n) is 5.74. The lowest BCUT2D eigenvalue weighted by Crippen LogP contribution is -2.40. The van der Waals surface area contributed by atoms with Crippen LogP contribution in [0.1, 0.15) is 52.4 Å². The van der Waals surface area contributed by atoms with E-state index in [1.807, 2.05) is 0 Å². The molecule has 0 radical (unpaired) electrons. The van der Waals surface area contributed by atoms with E-state index in [2.05, 4.69) is 46.4 Å². The summed E-state index contributed by atoms with van der Waals surface area (Å²) >= 11 is 1.63. The van der Waals surface area contributed by atoms with E-state index in [1.165, 1.54) is 38.3 Å². The minimum atomic E-state index is -0.334. The maximum Gasteiger partial charge on any atom is 0.165 e. The predicted molar refractivity (Wildman–Crippen MR) is 133 cm³/mol. The van der Waals surface area contributed by atoms with Crippen molar-refractivity contribution in [2.75, 3.05) is 5.32 Å². The van der Waals surface area contributed by atoms with Crippen molar-refractivity contribution in [1.29, 1.82) is 0 Å². The van der Waals surface area contributed by atoms with Crippen molar-refractivity contribution in [3.8, 4) is 11.4 Å². The number of halogens is 1. The van der Waals surface area contributed by atoms with Crippen LogP contribution in [0.25, 0.3) is 32.6 Å². The Bertz CT molecular complexity index is 1300. The second kappa shape index (κ2) is 8.35. The van der Waals surface area contributed by atoms with Gasteiger partial charge < -0.3 is 9.88 Å². The van der Waals surface area contributed by atoms with Crippen LogP contribution in [0, 0.1) is 23.6 Å². The Balaban J connectivity index is 1.45. The van der Waals surface area contributed by atoms with Crippen LogP contribution in [0.5, 0.6) is 0 Å². The summed E-state index contributed by atoms with van der Waals surface area (Å²) in [5.74, 6) is 3.31. The third-order valence-corrected chi connectivity index (χ3v) is 8.63. The van der Waals surface area contributed by atoms with E-state index in [4.69, 9.17) is 9.97 Å². The number of thiophene rings is 1. The smallest absolute Gasteiger partial charge is 0.165 e. The Hall–Kier alpha value is -2.54. The molecule has 0 aromatic carbocycles. The summed E-state index contributed by atoms with van der Waals surface area (Å²) in [5, 5.41) is 7.75. The van der Waals surface area contributed by atoms with E-state index in [1.54, 1.807) is 17.4 Å². The van der Waals surface area contributed by atoms with Crippen LogP contribution in [0.3, 0.4) is 0 Å². The van der Waals surface area contributed by atoms with Gasteiger partial charge in [-0.25, -0.2) is 19.3 Å². The number of fused-ring (bicyclic) bond motifs is 5. The number of nitrogens with zero attached hydrogens (tertiary/aromatic N) is 4. The summed E-state index contributed by atoms with van der Waals surface area (Å²) in [4.78, 5) is 15.3. The van der Waals surface area contributed by atoms with E-state index >= 15 is 0 Å². The molecule has 1 N–H and O–H groups in total. The van der Waals surface area contributed by atoms with Gasteiger partial charge in [0.05, 0.1) is 11.6 Å². The van der Waals surface area contributed by atoms with Crippen LogP contribution in [-0.4, -0.2) is 25.6 Å². The van der Waals surface area contributed by atoms with Crippen LogP contribution in [0.4, 0.5) is 10.2 Å². The van der Waals surface area contributed by atoms with Gasteiger partial charge >= 0.3 is 0 Å². The topological polar surface area (TPSA) is 55.6 Å². The number of anilines is 1. The molecule has 2 atom stereocenters. The van der Waals surface area contributed by atoms with Gasteiger partial charge in [0, 0.05) is 29.7 Å². The molecule has 172 valence electrons. The molecule has 7 rings (SSSR count). The molecule has 3 fully saturated rings. The molecule has 33 heavy (non-hydrogen) atoms. The number of aromatic nitrogens is 4. The molecule has 3 saturated carbocycles. The van der Waals surface area contributed by atoms with E-state index in [0.717, 1.165) is 57.4 Å². The van der Waals surface area contributed by atoms with Crippen molar-refractivity contribution in [1.82, 2.24) is 19.5 Å². The number of rotatable bonds is 6. The Morgan fingerprint density at radius 3 is 2.82 bits per heavy atom. The molecule has 5 nitrogen and oxygen atoms in total. The van der Waals surface area contributed by atoms with Gasteiger partial charge in [-0.05, 0) is 54.5 Å². The number of hydrogen-bond donors (Lipinski definition) is 1. The first-order valence-electron chi connectivity index (χ1n) is 12.3. The highest BCUT2D eigenvalue weighted by Gasteiger charge is 2.36. The first-order chi connectivity index (χ1) is 16.1. The molecular formula is C26H30FN5S. The predicted octanol–water partition coefficient (Wildman–Crippen LogP) is 6.88. The van der Waals surface area contributed by atoms with Crippen molar-refractivity contribution in [2.45, 2.75) is 65.0 Å². The van der Waals surface area contributed by atoms with Crippen molar-refractivity contribution >= 4 is 38.4 Å². The molecule has 0 amide bonds. The summed E-state index contributed by atoms with van der Waals surface area (Å²) in [6.07, 6.45) is 11.1. The molecule has 3 aliphatic carbocycles. The van der Waals surface area contributed by atoms with Crippen molar-refractivity contribution in [3.63, 3.8) is 0 Å². The molecule has 0 aliphatic heterocycles. The van der Waals surface area contributed by atoms with Crippen LogP contribution < -0.4 is 5.32 Å². The zero-order valence-electron chi connectivity index (χ0n) is 19.2. The minimum Gasteiger partial charge on any atom is -0.366 e. The van der Waals surface area contributed by atoms with Gasteiger partial charge in [-0.3, -0.25) is 0 Å². The minimum absolute atomic E-state index is 0.334. The van der Waals surface area contributed by atoms with Gasteiger partial charge in [0.1, 0.15) is 22.1 Å². The second-order valence-electron chi connectivity index (χ2n) is 10.0. The van der Waals surface area contributed by atoms with Crippen molar-refractivity contribution < 1.29 is 4.39 Å². The lowest BCUT2D eigenvalue weighted by Gasteiger charge is -2.42. The molecule has 4 aromatic rings. The lowest BCUT2D eigenvalue weighted by molar-refractivity contribution is 0.157. The molecule has 4 aromatic heterocycles. The fourth-order valence-corrected chi connectivity index (χ4v) is 6.51. The van der Waals surface area contributed by atoms with Crippen LogP contribution in [-0.2, 0) is 6.54 Å². The zero-order valence-corrected chi connectivity index (χ0v) is 20.0. The summed E-state index contributed by atoms with van der Waals surface area (Å²) in [7, 11) is 0. The number of hydrogen-bond acceptors (Lipinski definition) is 5. The Morgan fingerprint density at radius 1 is 1.21 bits per heavy atom. The van der Waals surface area contributed by atoms with E-state index in [0.29, 0.717) is 17.8 Å². The van der Waals surface area contributed by atoms with Gasteiger partial charge in [0.2, 0.25) is 0 Å². The summed E-state index contributed by atoms with van der Waals surface area (Å²) in [5.41, 5.74) is 1.64. The average molecular weight is 464 g/mol. The summed E-state index contributed by atoms with van der Waals surface area (Å²) in [6.45, 7) is 5.25. The van der Waals surface area contributed by atoms with Gasteiger partial charge in [-0.15, -0.1) is 11.3 Å². The first-order valence-corrected chi connectivity index (χ1v) is 13.1. The van der Waals surface area contributed by atoms with Crippen LogP contribution in [0.15, 0.2) is 29.9 Å². The molecule has 0 saturated heterocycles. The monoisotopic (exact) mass is 463 g/mol. The molecule has 2 bridgehead atoms. The zero-order chi connectivity index (χ0) is 22.5. The van der Waals surface area contributed by atoms with Gasteiger partial charge in [0.25, 0.3) is 0 Å². The molecule has 7 heteroatoms. The molecule has 2 unspecified atom stereocenters. The Labute approximate surface area is 197 Å². The van der Waals surface area contributed by atoms with Crippen molar-refractivity contribution in [3.05, 3.63) is 35.7 Å². The molecule has 0 spiro atoms. The normalized spacial score (nSPS) is 23.4. The average Bonchev–Trinajstić information content (AvgIpc) is 3.44. The number of pyridine rings is 1. The third kappa shape index (κ3) is 3.80. The second-order valence-corrected chi connectivity index (χ2v) is 10.9. The maximum absolute atomic E-state index is 14.2. The number of nitrogens with one attached hydrogen (secondary N) is 1. The van der Waals surface area contributed by atoms with Gasteiger partial charge in [-0.2, -0.15) is 0 Å². The van der Waals surface area contributed by atoms with Crippen molar-refractivity contribution in [2.24, 2.45) is 17.8 Å². The van der Waals surface area contributed by atoms with E-state index in [-0.39, 0.29) is 5.82 Å². The highest BCUT2D eigenvalue weighted by Crippen LogP contribution is 2.43. The largest absolute Gasteiger partial charge is 0.366 e. The lowest BCUT2D eigenvalue weighted by atomic mass is 9.68. The van der Waals surface area contributed by atoms with E-state index in [9.17, 15) is 4.39 Å². The third-order valence-electron chi connectivity index (χ3n) is 7.82. The highest BCUT2D eigenvalue weighted by atomic mass is 32.1. The quantitative estimate of drug-likeness (QED) is 0.338. The van der Waals surface area contributed by atoms with Crippen LogP contribution >= 0.6 is 11.3 Å². The maximum atomic E-state index is 14.2. The standard InChI is InChI=1S/C26H30FN5S/c1-3-15(2)13-32-14-21(20-11-18(27)12-28-25(20)32)24-30-23(19-8-9-33-26(19)31-24)29-22-10-16-4-6-17(22)7-5-16/h8-9,11-12,14-17,22H,3-7,10,13H2,1-2H3,(H,29,30,31). The summed E-state index contributed by atoms with van der Waals surface area (Å²) < 4.78 is 16.4. The summed E-state index contributed by atoms with van der Waals surface area (Å²) in [6, 6.07) is 4.16. The van der Waals surface area contributed by atoms with Crippen LogP contribution in [0.2, 0.25) is 0 Å². The molecule has 3 aliphatic rings. The fraction of sp³-hybridized carbons (Fsp3) is 0.500. The SMILES string of the molecule is CCC(C)Cn1cc(-c2nc(NC3CC4CCC3CC4)c3ccsc3n2)c2cc(F)cnc21.